The van der Waals surface area contributed by atoms with E-state index < -0.39 is 0 Å². The molecular weight excluding hydrogens is 290 g/mol. The van der Waals surface area contributed by atoms with Gasteiger partial charge in [0.1, 0.15) is 10.6 Å². The first-order valence-electron chi connectivity index (χ1n) is 6.93. The van der Waals surface area contributed by atoms with Gasteiger partial charge in [0.05, 0.1) is 11.5 Å². The normalized spacial score (nSPS) is 20.1. The van der Waals surface area contributed by atoms with Gasteiger partial charge in [0.2, 0.25) is 0 Å². The molecule has 3 rings (SSSR count). The number of thioether (sulfide) groups is 1. The number of aromatic nitrogens is 2. The van der Waals surface area contributed by atoms with E-state index in [1.807, 2.05) is 0 Å². The molecule has 1 aliphatic carbocycles. The van der Waals surface area contributed by atoms with Crippen molar-refractivity contribution in [1.29, 1.82) is 0 Å². The van der Waals surface area contributed by atoms with Crippen LogP contribution in [-0.4, -0.2) is 26.9 Å². The maximum atomic E-state index is 9.35. The van der Waals surface area contributed by atoms with E-state index >= 15 is 0 Å². The Kier molecular flexibility index (Phi) is 3.88. The standard InChI is InChI=1S/C14H19N3OS2/c1-7-3-4-9-10(5-7)20-13-11(9)12(15)16-14(17-13)19-6-8(2)18/h7-8,18H,3-6H2,1-2H3,(H2,15,16,17)/t7-,8+/m1/s1. The van der Waals surface area contributed by atoms with Crippen molar-refractivity contribution in [2.45, 2.75) is 44.4 Å². The minimum Gasteiger partial charge on any atom is -0.393 e. The third kappa shape index (κ3) is 2.64. The van der Waals surface area contributed by atoms with E-state index in [-0.39, 0.29) is 6.10 Å². The van der Waals surface area contributed by atoms with Crippen LogP contribution in [0, 0.1) is 5.92 Å². The third-order valence-electron chi connectivity index (χ3n) is 3.62. The summed E-state index contributed by atoms with van der Waals surface area (Å²) in [7, 11) is 0. The van der Waals surface area contributed by atoms with Crippen molar-refractivity contribution in [3.63, 3.8) is 0 Å². The Morgan fingerprint density at radius 3 is 3.05 bits per heavy atom. The van der Waals surface area contributed by atoms with Gasteiger partial charge in [0, 0.05) is 10.6 Å². The lowest BCUT2D eigenvalue weighted by Gasteiger charge is -2.17. The average Bonchev–Trinajstić information content (AvgIpc) is 2.73. The zero-order valence-corrected chi connectivity index (χ0v) is 13.4. The van der Waals surface area contributed by atoms with Crippen molar-refractivity contribution >= 4 is 39.1 Å². The first-order chi connectivity index (χ1) is 9.54. The fourth-order valence-electron chi connectivity index (χ4n) is 2.61. The van der Waals surface area contributed by atoms with Gasteiger partial charge in [-0.05, 0) is 37.7 Å². The van der Waals surface area contributed by atoms with Crippen LogP contribution in [-0.2, 0) is 12.8 Å². The summed E-state index contributed by atoms with van der Waals surface area (Å²) in [5, 5.41) is 11.1. The minimum atomic E-state index is -0.363. The van der Waals surface area contributed by atoms with Gasteiger partial charge in [-0.1, -0.05) is 18.7 Å². The van der Waals surface area contributed by atoms with Gasteiger partial charge in [0.25, 0.3) is 0 Å². The molecule has 0 fully saturated rings. The number of rotatable bonds is 3. The summed E-state index contributed by atoms with van der Waals surface area (Å²) in [5.41, 5.74) is 7.51. The van der Waals surface area contributed by atoms with Crippen LogP contribution in [0.4, 0.5) is 5.82 Å². The molecule has 0 saturated carbocycles. The number of nitrogens with zero attached hydrogens (tertiary/aromatic N) is 2. The summed E-state index contributed by atoms with van der Waals surface area (Å²) in [4.78, 5) is 11.4. The molecule has 4 nitrogen and oxygen atoms in total. The van der Waals surface area contributed by atoms with Crippen LogP contribution in [0.1, 0.15) is 30.7 Å². The van der Waals surface area contributed by atoms with E-state index in [0.29, 0.717) is 16.7 Å². The molecule has 2 atom stereocenters. The average molecular weight is 309 g/mol. The van der Waals surface area contributed by atoms with Crippen molar-refractivity contribution in [2.75, 3.05) is 11.5 Å². The molecule has 108 valence electrons. The van der Waals surface area contributed by atoms with Gasteiger partial charge in [-0.3, -0.25) is 0 Å². The van der Waals surface area contributed by atoms with E-state index in [1.54, 1.807) is 18.3 Å². The van der Waals surface area contributed by atoms with Gasteiger partial charge >= 0.3 is 0 Å². The maximum Gasteiger partial charge on any atom is 0.190 e. The molecule has 1 aliphatic rings. The van der Waals surface area contributed by atoms with E-state index in [2.05, 4.69) is 16.9 Å². The second-order valence-corrected chi connectivity index (χ2v) is 7.65. The molecule has 6 heteroatoms. The van der Waals surface area contributed by atoms with Crippen LogP contribution in [0.2, 0.25) is 0 Å². The Hall–Kier alpha value is -0.850. The molecular formula is C14H19N3OS2. The minimum absolute atomic E-state index is 0.363. The maximum absolute atomic E-state index is 9.35. The molecule has 3 N–H and O–H groups in total. The van der Waals surface area contributed by atoms with E-state index in [4.69, 9.17) is 5.73 Å². The van der Waals surface area contributed by atoms with Crippen LogP contribution in [0.5, 0.6) is 0 Å². The van der Waals surface area contributed by atoms with E-state index in [9.17, 15) is 5.11 Å². The highest BCUT2D eigenvalue weighted by atomic mass is 32.2. The highest BCUT2D eigenvalue weighted by molar-refractivity contribution is 7.99. The Morgan fingerprint density at radius 2 is 2.30 bits per heavy atom. The lowest BCUT2D eigenvalue weighted by molar-refractivity contribution is 0.220. The van der Waals surface area contributed by atoms with Gasteiger partial charge in [-0.15, -0.1) is 11.3 Å². The van der Waals surface area contributed by atoms with Gasteiger partial charge in [-0.25, -0.2) is 9.97 Å². The van der Waals surface area contributed by atoms with Crippen molar-refractivity contribution in [2.24, 2.45) is 5.92 Å². The number of fused-ring (bicyclic) bond motifs is 3. The quantitative estimate of drug-likeness (QED) is 0.674. The summed E-state index contributed by atoms with van der Waals surface area (Å²) in [6.07, 6.45) is 3.07. The predicted octanol–water partition coefficient (Wildman–Crippen LogP) is 2.87. The SMILES string of the molecule is C[C@@H]1CCc2c(sc3nc(SC[C@H](C)O)nc(N)c23)C1. The molecule has 0 unspecified atom stereocenters. The number of aliphatic hydroxyl groups excluding tert-OH is 1. The van der Waals surface area contributed by atoms with Crippen LogP contribution >= 0.6 is 23.1 Å². The summed E-state index contributed by atoms with van der Waals surface area (Å²) < 4.78 is 0. The summed E-state index contributed by atoms with van der Waals surface area (Å²) in [6.45, 7) is 4.06. The summed E-state index contributed by atoms with van der Waals surface area (Å²) >= 11 is 3.22. The van der Waals surface area contributed by atoms with Crippen molar-refractivity contribution in [3.8, 4) is 0 Å². The monoisotopic (exact) mass is 309 g/mol. The second-order valence-electron chi connectivity index (χ2n) is 5.58. The Bertz CT molecular complexity index is 639. The predicted molar refractivity (Wildman–Crippen MR) is 85.4 cm³/mol. The lowest BCUT2D eigenvalue weighted by Crippen LogP contribution is -2.09. The van der Waals surface area contributed by atoms with Gasteiger partial charge in [0.15, 0.2) is 5.16 Å². The number of thiophene rings is 1. The van der Waals surface area contributed by atoms with Crippen molar-refractivity contribution in [3.05, 3.63) is 10.4 Å². The Morgan fingerprint density at radius 1 is 1.50 bits per heavy atom. The fraction of sp³-hybridized carbons (Fsp3) is 0.571. The number of nitrogen functional groups attached to an aromatic ring is 1. The smallest absolute Gasteiger partial charge is 0.190 e. The molecule has 0 amide bonds. The summed E-state index contributed by atoms with van der Waals surface area (Å²) in [5.74, 6) is 1.93. The molecule has 0 aromatic carbocycles. The molecule has 2 heterocycles. The summed E-state index contributed by atoms with van der Waals surface area (Å²) in [6, 6.07) is 0. The molecule has 0 saturated heterocycles. The van der Waals surface area contributed by atoms with Gasteiger partial charge < -0.3 is 10.8 Å². The van der Waals surface area contributed by atoms with Crippen LogP contribution < -0.4 is 5.73 Å². The second kappa shape index (κ2) is 5.50. The largest absolute Gasteiger partial charge is 0.393 e. The molecule has 2 aromatic heterocycles. The zero-order chi connectivity index (χ0) is 14.3. The van der Waals surface area contributed by atoms with E-state index in [0.717, 1.165) is 29.0 Å². The highest BCUT2D eigenvalue weighted by Crippen LogP contribution is 2.39. The fourth-order valence-corrected chi connectivity index (χ4v) is 4.77. The van der Waals surface area contributed by atoms with E-state index in [1.165, 1.54) is 28.6 Å². The molecule has 0 radical (unpaired) electrons. The van der Waals surface area contributed by atoms with Crippen molar-refractivity contribution < 1.29 is 5.11 Å². The Labute approximate surface area is 126 Å². The van der Waals surface area contributed by atoms with Gasteiger partial charge in [-0.2, -0.15) is 0 Å². The third-order valence-corrected chi connectivity index (χ3v) is 5.85. The molecule has 0 spiro atoms. The number of hydrogen-bond acceptors (Lipinski definition) is 6. The number of nitrogens with two attached hydrogens (primary N) is 1. The lowest BCUT2D eigenvalue weighted by atomic mass is 9.89. The highest BCUT2D eigenvalue weighted by Gasteiger charge is 2.23. The first-order valence-corrected chi connectivity index (χ1v) is 8.73. The van der Waals surface area contributed by atoms with Crippen molar-refractivity contribution in [1.82, 2.24) is 9.97 Å². The number of aliphatic hydroxyl groups is 1. The molecule has 20 heavy (non-hydrogen) atoms. The number of anilines is 1. The molecule has 0 aliphatic heterocycles. The Balaban J connectivity index is 2.00. The topological polar surface area (TPSA) is 72.0 Å². The first kappa shape index (κ1) is 14.1. The van der Waals surface area contributed by atoms with Crippen LogP contribution in [0.15, 0.2) is 5.16 Å². The number of aryl methyl sites for hydroxylation is 1. The molecule has 0 bridgehead atoms. The van der Waals surface area contributed by atoms with Crippen LogP contribution in [0.3, 0.4) is 0 Å². The number of hydrogen-bond donors (Lipinski definition) is 2. The molecule has 2 aromatic rings. The zero-order valence-electron chi connectivity index (χ0n) is 11.7. The van der Waals surface area contributed by atoms with Crippen LogP contribution in [0.25, 0.3) is 10.2 Å².